The third-order valence-electron chi connectivity index (χ3n) is 3.97. The zero-order valence-corrected chi connectivity index (χ0v) is 10.4. The van der Waals surface area contributed by atoms with E-state index in [1.807, 2.05) is 0 Å². The van der Waals surface area contributed by atoms with Gasteiger partial charge in [-0.25, -0.2) is 4.98 Å². The van der Waals surface area contributed by atoms with E-state index in [-0.39, 0.29) is 0 Å². The fourth-order valence-corrected chi connectivity index (χ4v) is 3.02. The molecule has 0 radical (unpaired) electrons. The molecule has 0 bridgehead atoms. The van der Waals surface area contributed by atoms with Crippen LogP contribution in [-0.4, -0.2) is 29.2 Å². The number of anilines is 1. The van der Waals surface area contributed by atoms with Crippen molar-refractivity contribution in [1.29, 1.82) is 0 Å². The van der Waals surface area contributed by atoms with E-state index in [1.54, 1.807) is 0 Å². The number of hydrogen-bond donors (Lipinski definition) is 0. The van der Waals surface area contributed by atoms with Crippen LogP contribution in [0.2, 0.25) is 0 Å². The maximum absolute atomic E-state index is 5.46. The zero-order chi connectivity index (χ0) is 11.9. The Kier molecular flexibility index (Phi) is 2.30. The first-order chi connectivity index (χ1) is 8.92. The van der Waals surface area contributed by atoms with E-state index < -0.39 is 0 Å². The van der Waals surface area contributed by atoms with Crippen LogP contribution >= 0.6 is 0 Å². The van der Waals surface area contributed by atoms with Crippen LogP contribution in [0.5, 0.6) is 0 Å². The average molecular weight is 243 g/mol. The Bertz CT molecular complexity index is 584. The van der Waals surface area contributed by atoms with Crippen LogP contribution in [0.15, 0.2) is 18.2 Å². The minimum absolute atomic E-state index is 0.647. The standard InChI is InChI=1S/C14H17N3O/c1-2-6-16(5-1)11-3-4-13-12(9-11)15-14-10-18-8-7-17(13)14/h3-4,9H,1-2,5-8,10H2. The quantitative estimate of drug-likeness (QED) is 0.769. The van der Waals surface area contributed by atoms with E-state index >= 15 is 0 Å². The Morgan fingerprint density at radius 2 is 2.00 bits per heavy atom. The second-order valence-electron chi connectivity index (χ2n) is 5.10. The van der Waals surface area contributed by atoms with Crippen LogP contribution in [0.1, 0.15) is 18.7 Å². The summed E-state index contributed by atoms with van der Waals surface area (Å²) in [5.74, 6) is 1.06. The summed E-state index contributed by atoms with van der Waals surface area (Å²) >= 11 is 0. The number of nitrogens with zero attached hydrogens (tertiary/aromatic N) is 3. The molecule has 2 aliphatic heterocycles. The first-order valence-corrected chi connectivity index (χ1v) is 6.74. The van der Waals surface area contributed by atoms with Crippen LogP contribution in [0, 0.1) is 0 Å². The van der Waals surface area contributed by atoms with Gasteiger partial charge in [-0.15, -0.1) is 0 Å². The highest BCUT2D eigenvalue weighted by molar-refractivity contribution is 5.80. The molecule has 0 saturated carbocycles. The number of aromatic nitrogens is 2. The van der Waals surface area contributed by atoms with E-state index in [0.29, 0.717) is 6.61 Å². The minimum Gasteiger partial charge on any atom is -0.372 e. The maximum atomic E-state index is 5.46. The molecular formula is C14H17N3O. The summed E-state index contributed by atoms with van der Waals surface area (Å²) in [6, 6.07) is 6.68. The molecule has 1 saturated heterocycles. The molecule has 0 atom stereocenters. The van der Waals surface area contributed by atoms with Crippen LogP contribution in [0.25, 0.3) is 11.0 Å². The van der Waals surface area contributed by atoms with Crippen LogP contribution in [0.3, 0.4) is 0 Å². The first-order valence-electron chi connectivity index (χ1n) is 6.74. The van der Waals surface area contributed by atoms with Gasteiger partial charge in [0.2, 0.25) is 0 Å². The molecule has 0 spiro atoms. The molecule has 4 rings (SSSR count). The van der Waals surface area contributed by atoms with Gasteiger partial charge in [-0.3, -0.25) is 0 Å². The smallest absolute Gasteiger partial charge is 0.136 e. The molecule has 2 aromatic rings. The number of hydrogen-bond acceptors (Lipinski definition) is 3. The van der Waals surface area contributed by atoms with Crippen LogP contribution < -0.4 is 4.90 Å². The normalized spacial score (nSPS) is 19.4. The monoisotopic (exact) mass is 243 g/mol. The lowest BCUT2D eigenvalue weighted by Gasteiger charge is -2.17. The van der Waals surface area contributed by atoms with Gasteiger partial charge in [0.25, 0.3) is 0 Å². The van der Waals surface area contributed by atoms with Gasteiger partial charge in [-0.1, -0.05) is 0 Å². The summed E-state index contributed by atoms with van der Waals surface area (Å²) in [5, 5.41) is 0. The van der Waals surface area contributed by atoms with Crippen molar-refractivity contribution < 1.29 is 4.74 Å². The van der Waals surface area contributed by atoms with Gasteiger partial charge in [0, 0.05) is 25.3 Å². The number of imidazole rings is 1. The molecular weight excluding hydrogens is 226 g/mol. The SMILES string of the molecule is c1cc2c(cc1N1CCCC1)nc1n2CCOC1. The number of ether oxygens (including phenoxy) is 1. The Balaban J connectivity index is 1.80. The molecule has 1 aromatic heterocycles. The number of benzene rings is 1. The molecule has 4 nitrogen and oxygen atoms in total. The molecule has 0 N–H and O–H groups in total. The summed E-state index contributed by atoms with van der Waals surface area (Å²) in [6.45, 7) is 4.74. The van der Waals surface area contributed by atoms with Crippen molar-refractivity contribution in [2.45, 2.75) is 26.0 Å². The van der Waals surface area contributed by atoms with Gasteiger partial charge in [-0.2, -0.15) is 0 Å². The number of rotatable bonds is 1. The van der Waals surface area contributed by atoms with Gasteiger partial charge in [0.15, 0.2) is 0 Å². The lowest BCUT2D eigenvalue weighted by molar-refractivity contribution is 0.0830. The third-order valence-corrected chi connectivity index (χ3v) is 3.97. The molecule has 0 unspecified atom stereocenters. The predicted octanol–water partition coefficient (Wildman–Crippen LogP) is 2.17. The third kappa shape index (κ3) is 1.52. The zero-order valence-electron chi connectivity index (χ0n) is 10.4. The highest BCUT2D eigenvalue weighted by atomic mass is 16.5. The summed E-state index contributed by atoms with van der Waals surface area (Å²) in [5.41, 5.74) is 3.67. The van der Waals surface area contributed by atoms with Gasteiger partial charge >= 0.3 is 0 Å². The van der Waals surface area contributed by atoms with E-state index in [1.165, 1.54) is 37.1 Å². The van der Waals surface area contributed by atoms with E-state index in [2.05, 4.69) is 27.7 Å². The summed E-state index contributed by atoms with van der Waals surface area (Å²) in [6.07, 6.45) is 2.62. The van der Waals surface area contributed by atoms with Gasteiger partial charge in [0.05, 0.1) is 17.6 Å². The number of fused-ring (bicyclic) bond motifs is 3. The minimum atomic E-state index is 0.647. The van der Waals surface area contributed by atoms with Crippen molar-refractivity contribution in [3.05, 3.63) is 24.0 Å². The molecule has 0 amide bonds. The summed E-state index contributed by atoms with van der Waals surface area (Å²) < 4.78 is 7.75. The van der Waals surface area contributed by atoms with Crippen molar-refractivity contribution in [2.75, 3.05) is 24.6 Å². The van der Waals surface area contributed by atoms with Crippen LogP contribution in [0.4, 0.5) is 5.69 Å². The molecule has 94 valence electrons. The first kappa shape index (κ1) is 10.4. The second-order valence-corrected chi connectivity index (χ2v) is 5.10. The van der Waals surface area contributed by atoms with Gasteiger partial charge in [0.1, 0.15) is 12.4 Å². The maximum Gasteiger partial charge on any atom is 0.136 e. The molecule has 1 fully saturated rings. The van der Waals surface area contributed by atoms with Crippen molar-refractivity contribution in [3.63, 3.8) is 0 Å². The van der Waals surface area contributed by atoms with Crippen molar-refractivity contribution in [3.8, 4) is 0 Å². The molecule has 1 aromatic carbocycles. The fraction of sp³-hybridized carbons (Fsp3) is 0.500. The Hall–Kier alpha value is -1.55. The lowest BCUT2D eigenvalue weighted by Crippen LogP contribution is -2.17. The van der Waals surface area contributed by atoms with Crippen molar-refractivity contribution in [1.82, 2.24) is 9.55 Å². The molecule has 0 aliphatic carbocycles. The Morgan fingerprint density at radius 3 is 2.89 bits per heavy atom. The Morgan fingerprint density at radius 1 is 1.11 bits per heavy atom. The lowest BCUT2D eigenvalue weighted by atomic mass is 10.2. The topological polar surface area (TPSA) is 30.3 Å². The van der Waals surface area contributed by atoms with Crippen molar-refractivity contribution >= 4 is 16.7 Å². The summed E-state index contributed by atoms with van der Waals surface area (Å²) in [4.78, 5) is 7.15. The molecule has 4 heteroatoms. The Labute approximate surface area is 106 Å². The second kappa shape index (κ2) is 3.99. The van der Waals surface area contributed by atoms with E-state index in [4.69, 9.17) is 9.72 Å². The van der Waals surface area contributed by atoms with E-state index in [0.717, 1.165) is 24.5 Å². The highest BCUT2D eigenvalue weighted by Crippen LogP contribution is 2.26. The van der Waals surface area contributed by atoms with Gasteiger partial charge < -0.3 is 14.2 Å². The van der Waals surface area contributed by atoms with E-state index in [9.17, 15) is 0 Å². The molecule has 3 heterocycles. The van der Waals surface area contributed by atoms with Crippen LogP contribution in [-0.2, 0) is 17.9 Å². The van der Waals surface area contributed by atoms with Gasteiger partial charge in [-0.05, 0) is 31.0 Å². The fourth-order valence-electron chi connectivity index (χ4n) is 3.02. The summed E-state index contributed by atoms with van der Waals surface area (Å²) in [7, 11) is 0. The predicted molar refractivity (Wildman–Crippen MR) is 70.8 cm³/mol. The molecule has 18 heavy (non-hydrogen) atoms. The highest BCUT2D eigenvalue weighted by Gasteiger charge is 2.17. The largest absolute Gasteiger partial charge is 0.372 e. The average Bonchev–Trinajstić information content (AvgIpc) is 3.05. The molecule has 2 aliphatic rings. The van der Waals surface area contributed by atoms with Crippen molar-refractivity contribution in [2.24, 2.45) is 0 Å².